The molecule has 1 aliphatic rings. The number of rotatable bonds is 2. The van der Waals surface area contributed by atoms with Gasteiger partial charge in [-0.25, -0.2) is 0 Å². The maximum Gasteiger partial charge on any atom is 0.0554 e. The van der Waals surface area contributed by atoms with Crippen molar-refractivity contribution in [1.82, 2.24) is 0 Å². The zero-order valence-electron chi connectivity index (χ0n) is 10.8. The summed E-state index contributed by atoms with van der Waals surface area (Å²) in [6, 6.07) is 15.1. The van der Waals surface area contributed by atoms with Crippen LogP contribution in [0, 0.1) is 6.92 Å². The highest BCUT2D eigenvalue weighted by molar-refractivity contribution is 5.41. The van der Waals surface area contributed by atoms with E-state index in [-0.39, 0.29) is 6.04 Å². The Morgan fingerprint density at radius 2 is 1.78 bits per heavy atom. The molecule has 0 spiro atoms. The molecule has 0 aliphatic heterocycles. The van der Waals surface area contributed by atoms with Gasteiger partial charge in [0.05, 0.1) is 6.04 Å². The number of nitrogens with two attached hydrogens (primary N) is 1. The molecule has 0 heterocycles. The Morgan fingerprint density at radius 3 is 2.61 bits per heavy atom. The van der Waals surface area contributed by atoms with Gasteiger partial charge in [-0.05, 0) is 54.0 Å². The van der Waals surface area contributed by atoms with Crippen molar-refractivity contribution in [2.45, 2.75) is 32.2 Å². The van der Waals surface area contributed by atoms with E-state index in [0.717, 1.165) is 0 Å². The van der Waals surface area contributed by atoms with Gasteiger partial charge in [-0.2, -0.15) is 0 Å². The van der Waals surface area contributed by atoms with Crippen LogP contribution >= 0.6 is 0 Å². The van der Waals surface area contributed by atoms with Gasteiger partial charge in [-0.1, -0.05) is 42.5 Å². The van der Waals surface area contributed by atoms with Crippen molar-refractivity contribution in [3.63, 3.8) is 0 Å². The first-order chi connectivity index (χ1) is 8.75. The minimum Gasteiger partial charge on any atom is -0.320 e. The maximum absolute atomic E-state index is 6.41. The molecule has 0 radical (unpaired) electrons. The van der Waals surface area contributed by atoms with Crippen LogP contribution in [-0.2, 0) is 12.8 Å². The van der Waals surface area contributed by atoms with E-state index < -0.39 is 0 Å². The van der Waals surface area contributed by atoms with Crippen molar-refractivity contribution < 1.29 is 0 Å². The molecule has 0 aromatic heterocycles. The first-order valence-electron chi connectivity index (χ1n) is 6.68. The third kappa shape index (κ3) is 1.95. The highest BCUT2D eigenvalue weighted by atomic mass is 14.6. The van der Waals surface area contributed by atoms with Gasteiger partial charge in [0, 0.05) is 0 Å². The second kappa shape index (κ2) is 4.58. The van der Waals surface area contributed by atoms with Crippen LogP contribution < -0.4 is 5.73 Å². The summed E-state index contributed by atoms with van der Waals surface area (Å²) in [6.45, 7) is 2.13. The van der Waals surface area contributed by atoms with E-state index in [1.807, 2.05) is 0 Å². The standard InChI is InChI=1S/C17H19N/c1-12-5-2-3-8-16(12)17(18)15-10-9-13-6-4-7-14(13)11-15/h2-3,5,8-11,17H,4,6-7,18H2,1H3. The number of hydrogen-bond donors (Lipinski definition) is 1. The molecular weight excluding hydrogens is 218 g/mol. The molecule has 0 bridgehead atoms. The number of fused-ring (bicyclic) bond motifs is 1. The minimum absolute atomic E-state index is 0.00269. The van der Waals surface area contributed by atoms with Gasteiger partial charge in [-0.15, -0.1) is 0 Å². The van der Waals surface area contributed by atoms with Crippen LogP contribution in [-0.4, -0.2) is 0 Å². The predicted octanol–water partition coefficient (Wildman–Crippen LogP) is 3.53. The number of benzene rings is 2. The molecule has 2 aromatic rings. The predicted molar refractivity (Wildman–Crippen MR) is 75.7 cm³/mol. The summed E-state index contributed by atoms with van der Waals surface area (Å²) in [7, 11) is 0. The Bertz CT molecular complexity index is 572. The Labute approximate surface area is 109 Å². The second-order valence-corrected chi connectivity index (χ2v) is 5.22. The van der Waals surface area contributed by atoms with E-state index in [0.29, 0.717) is 0 Å². The summed E-state index contributed by atoms with van der Waals surface area (Å²) in [5, 5.41) is 0. The van der Waals surface area contributed by atoms with Gasteiger partial charge in [0.15, 0.2) is 0 Å². The molecule has 0 fully saturated rings. The van der Waals surface area contributed by atoms with Gasteiger partial charge in [0.2, 0.25) is 0 Å². The zero-order chi connectivity index (χ0) is 12.5. The topological polar surface area (TPSA) is 26.0 Å². The van der Waals surface area contributed by atoms with Crippen LogP contribution in [0.4, 0.5) is 0 Å². The minimum atomic E-state index is -0.00269. The van der Waals surface area contributed by atoms with E-state index in [1.165, 1.54) is 47.1 Å². The average Bonchev–Trinajstić information content (AvgIpc) is 2.85. The lowest BCUT2D eigenvalue weighted by atomic mass is 9.94. The molecule has 2 N–H and O–H groups in total. The summed E-state index contributed by atoms with van der Waals surface area (Å²) in [6.07, 6.45) is 3.73. The van der Waals surface area contributed by atoms with E-state index in [2.05, 4.69) is 49.4 Å². The van der Waals surface area contributed by atoms with Crippen molar-refractivity contribution >= 4 is 0 Å². The lowest BCUT2D eigenvalue weighted by Crippen LogP contribution is -2.13. The Hall–Kier alpha value is -1.60. The first-order valence-corrected chi connectivity index (χ1v) is 6.68. The first kappa shape index (κ1) is 11.5. The summed E-state index contributed by atoms with van der Waals surface area (Å²) < 4.78 is 0. The third-order valence-corrected chi connectivity index (χ3v) is 4.01. The van der Waals surface area contributed by atoms with Crippen LogP contribution in [0.1, 0.15) is 40.3 Å². The van der Waals surface area contributed by atoms with Crippen molar-refractivity contribution in [1.29, 1.82) is 0 Å². The van der Waals surface area contributed by atoms with Crippen LogP contribution in [0.15, 0.2) is 42.5 Å². The Balaban J connectivity index is 1.98. The molecule has 0 saturated heterocycles. The van der Waals surface area contributed by atoms with Crippen LogP contribution in [0.2, 0.25) is 0 Å². The molecular formula is C17H19N. The van der Waals surface area contributed by atoms with E-state index in [9.17, 15) is 0 Å². The van der Waals surface area contributed by atoms with Gasteiger partial charge in [0.25, 0.3) is 0 Å². The molecule has 0 amide bonds. The van der Waals surface area contributed by atoms with Crippen molar-refractivity contribution in [2.75, 3.05) is 0 Å². The molecule has 92 valence electrons. The highest BCUT2D eigenvalue weighted by Crippen LogP contribution is 2.28. The summed E-state index contributed by atoms with van der Waals surface area (Å²) >= 11 is 0. The van der Waals surface area contributed by atoms with Crippen LogP contribution in [0.5, 0.6) is 0 Å². The Kier molecular flexibility index (Phi) is 2.92. The molecule has 1 aliphatic carbocycles. The fourth-order valence-corrected chi connectivity index (χ4v) is 2.90. The molecule has 0 saturated carbocycles. The monoisotopic (exact) mass is 237 g/mol. The lowest BCUT2D eigenvalue weighted by Gasteiger charge is -2.16. The molecule has 18 heavy (non-hydrogen) atoms. The van der Waals surface area contributed by atoms with E-state index >= 15 is 0 Å². The van der Waals surface area contributed by atoms with Gasteiger partial charge >= 0.3 is 0 Å². The summed E-state index contributed by atoms with van der Waals surface area (Å²) in [5.74, 6) is 0. The largest absolute Gasteiger partial charge is 0.320 e. The van der Waals surface area contributed by atoms with Crippen LogP contribution in [0.3, 0.4) is 0 Å². The van der Waals surface area contributed by atoms with Gasteiger partial charge in [-0.3, -0.25) is 0 Å². The van der Waals surface area contributed by atoms with Gasteiger partial charge in [0.1, 0.15) is 0 Å². The smallest absolute Gasteiger partial charge is 0.0554 e. The zero-order valence-corrected chi connectivity index (χ0v) is 10.8. The second-order valence-electron chi connectivity index (χ2n) is 5.22. The quantitative estimate of drug-likeness (QED) is 0.849. The fourth-order valence-electron chi connectivity index (χ4n) is 2.90. The highest BCUT2D eigenvalue weighted by Gasteiger charge is 2.15. The number of hydrogen-bond acceptors (Lipinski definition) is 1. The Morgan fingerprint density at radius 1 is 1.00 bits per heavy atom. The lowest BCUT2D eigenvalue weighted by molar-refractivity contribution is 0.858. The van der Waals surface area contributed by atoms with E-state index in [1.54, 1.807) is 0 Å². The fraction of sp³-hybridized carbons (Fsp3) is 0.294. The summed E-state index contributed by atoms with van der Waals surface area (Å²) in [5.41, 5.74) is 13.2. The van der Waals surface area contributed by atoms with Crippen molar-refractivity contribution in [2.24, 2.45) is 5.73 Å². The van der Waals surface area contributed by atoms with Crippen molar-refractivity contribution in [3.8, 4) is 0 Å². The molecule has 1 atom stereocenters. The summed E-state index contributed by atoms with van der Waals surface area (Å²) in [4.78, 5) is 0. The molecule has 1 nitrogen and oxygen atoms in total. The molecule has 1 heteroatoms. The maximum atomic E-state index is 6.41. The molecule has 3 rings (SSSR count). The number of aryl methyl sites for hydroxylation is 3. The van der Waals surface area contributed by atoms with Crippen molar-refractivity contribution in [3.05, 3.63) is 70.3 Å². The average molecular weight is 237 g/mol. The van der Waals surface area contributed by atoms with Crippen LogP contribution in [0.25, 0.3) is 0 Å². The normalized spacial score (nSPS) is 15.4. The van der Waals surface area contributed by atoms with Gasteiger partial charge < -0.3 is 5.73 Å². The SMILES string of the molecule is Cc1ccccc1C(N)c1ccc2c(c1)CCC2. The van der Waals surface area contributed by atoms with E-state index in [4.69, 9.17) is 5.73 Å². The molecule has 2 aromatic carbocycles. The third-order valence-electron chi connectivity index (χ3n) is 4.01. The molecule has 1 unspecified atom stereocenters.